The fourth-order valence-electron chi connectivity index (χ4n) is 5.34. The van der Waals surface area contributed by atoms with E-state index < -0.39 is 17.2 Å². The van der Waals surface area contributed by atoms with Crippen LogP contribution in [0.1, 0.15) is 60.5 Å². The number of benzene rings is 1. The largest absolute Gasteiger partial charge is 0.348 e. The Bertz CT molecular complexity index is 1080. The maximum absolute atomic E-state index is 13.1. The van der Waals surface area contributed by atoms with E-state index in [0.717, 1.165) is 43.1 Å². The summed E-state index contributed by atoms with van der Waals surface area (Å²) in [5.74, 6) is -0.966. The van der Waals surface area contributed by atoms with Crippen LogP contribution in [-0.4, -0.2) is 34.0 Å². The van der Waals surface area contributed by atoms with E-state index in [-0.39, 0.29) is 17.2 Å². The van der Waals surface area contributed by atoms with Crippen molar-refractivity contribution in [1.29, 1.82) is 0 Å². The highest BCUT2D eigenvalue weighted by atomic mass is 16.7. The maximum Gasteiger partial charge on any atom is 0.338 e. The van der Waals surface area contributed by atoms with Crippen LogP contribution in [0.2, 0.25) is 0 Å². The lowest BCUT2D eigenvalue weighted by atomic mass is 9.57. The molecule has 5 rings (SSSR count). The molecule has 1 saturated heterocycles. The lowest BCUT2D eigenvalue weighted by Crippen LogP contribution is -2.51. The van der Waals surface area contributed by atoms with Crippen molar-refractivity contribution < 1.29 is 14.3 Å². The molecule has 7 nitrogen and oxygen atoms in total. The summed E-state index contributed by atoms with van der Waals surface area (Å²) in [5, 5.41) is 0. The molecule has 0 unspecified atom stereocenters. The second-order valence-electron chi connectivity index (χ2n) is 8.98. The van der Waals surface area contributed by atoms with Crippen molar-refractivity contribution in [2.45, 2.75) is 57.3 Å². The van der Waals surface area contributed by atoms with Gasteiger partial charge in [0.1, 0.15) is 0 Å². The second kappa shape index (κ2) is 7.03. The molecule has 0 radical (unpaired) electrons. The molecule has 0 amide bonds. The summed E-state index contributed by atoms with van der Waals surface area (Å²) in [6, 6.07) is 8.46. The molecule has 2 heterocycles. The SMILES string of the molecule is Cc1cn(C2CC3(CCC4(CC3)OCCO4)C2)c(=O)n(C(=O)c2ccccc2)c1=O. The Labute approximate surface area is 174 Å². The average Bonchev–Trinajstić information content (AvgIpc) is 3.19. The minimum absolute atomic E-state index is 0.00564. The molecular weight excluding hydrogens is 384 g/mol. The van der Waals surface area contributed by atoms with Gasteiger partial charge >= 0.3 is 5.69 Å². The minimum atomic E-state index is -0.577. The van der Waals surface area contributed by atoms with Crippen LogP contribution in [0.3, 0.4) is 0 Å². The fraction of sp³-hybridized carbons (Fsp3) is 0.522. The molecule has 2 spiro atoms. The number of aryl methyl sites for hydroxylation is 1. The predicted octanol–water partition coefficient (Wildman–Crippen LogP) is 2.65. The monoisotopic (exact) mass is 410 g/mol. The summed E-state index contributed by atoms with van der Waals surface area (Å²) < 4.78 is 14.0. The molecule has 0 N–H and O–H groups in total. The molecule has 0 bridgehead atoms. The highest BCUT2D eigenvalue weighted by Crippen LogP contribution is 2.58. The normalized spacial score (nSPS) is 22.3. The molecule has 2 aliphatic carbocycles. The summed E-state index contributed by atoms with van der Waals surface area (Å²) in [6.45, 7) is 2.99. The second-order valence-corrected chi connectivity index (χ2v) is 8.98. The summed E-state index contributed by atoms with van der Waals surface area (Å²) in [4.78, 5) is 38.6. The van der Waals surface area contributed by atoms with E-state index in [1.807, 2.05) is 0 Å². The lowest BCUT2D eigenvalue weighted by Gasteiger charge is -2.53. The van der Waals surface area contributed by atoms with Crippen LogP contribution >= 0.6 is 0 Å². The van der Waals surface area contributed by atoms with Crippen molar-refractivity contribution in [1.82, 2.24) is 9.13 Å². The molecule has 1 aromatic carbocycles. The lowest BCUT2D eigenvalue weighted by molar-refractivity contribution is -0.202. The van der Waals surface area contributed by atoms with Gasteiger partial charge in [-0.3, -0.25) is 14.2 Å². The highest BCUT2D eigenvalue weighted by molar-refractivity contribution is 5.95. The molecule has 3 fully saturated rings. The molecule has 1 aliphatic heterocycles. The number of nitrogens with zero attached hydrogens (tertiary/aromatic N) is 2. The Balaban J connectivity index is 1.39. The van der Waals surface area contributed by atoms with Crippen molar-refractivity contribution >= 4 is 5.91 Å². The number of carbonyl (C=O) groups excluding carboxylic acids is 1. The van der Waals surface area contributed by atoms with Gasteiger partial charge < -0.3 is 9.47 Å². The number of aromatic nitrogens is 2. The van der Waals surface area contributed by atoms with Crippen molar-refractivity contribution in [3.63, 3.8) is 0 Å². The van der Waals surface area contributed by atoms with E-state index in [1.165, 1.54) is 0 Å². The molecule has 30 heavy (non-hydrogen) atoms. The molecule has 2 aromatic rings. The van der Waals surface area contributed by atoms with Gasteiger partial charge in [0, 0.05) is 36.2 Å². The van der Waals surface area contributed by atoms with Crippen molar-refractivity contribution in [2.75, 3.05) is 13.2 Å². The van der Waals surface area contributed by atoms with Crippen LogP contribution in [0.25, 0.3) is 0 Å². The van der Waals surface area contributed by atoms with E-state index in [4.69, 9.17) is 9.47 Å². The molecule has 0 atom stereocenters. The molecular formula is C23H26N2O5. The Kier molecular flexibility index (Phi) is 4.56. The minimum Gasteiger partial charge on any atom is -0.348 e. The third-order valence-electron chi connectivity index (χ3n) is 7.13. The summed E-state index contributed by atoms with van der Waals surface area (Å²) in [5.41, 5.74) is -0.172. The number of carbonyl (C=O) groups is 1. The Morgan fingerprint density at radius 2 is 1.63 bits per heavy atom. The molecule has 158 valence electrons. The van der Waals surface area contributed by atoms with Gasteiger partial charge in [-0.15, -0.1) is 0 Å². The summed E-state index contributed by atoms with van der Waals surface area (Å²) in [7, 11) is 0. The number of rotatable bonds is 2. The van der Waals surface area contributed by atoms with E-state index >= 15 is 0 Å². The van der Waals surface area contributed by atoms with Crippen LogP contribution < -0.4 is 11.2 Å². The quantitative estimate of drug-likeness (QED) is 0.761. The summed E-state index contributed by atoms with van der Waals surface area (Å²) >= 11 is 0. The Morgan fingerprint density at radius 1 is 1.00 bits per heavy atom. The summed E-state index contributed by atoms with van der Waals surface area (Å²) in [6.07, 6.45) is 7.17. The maximum atomic E-state index is 13.1. The van der Waals surface area contributed by atoms with Crippen LogP contribution in [0.5, 0.6) is 0 Å². The zero-order chi connectivity index (χ0) is 20.9. The van der Waals surface area contributed by atoms with Crippen LogP contribution in [0.4, 0.5) is 0 Å². The van der Waals surface area contributed by atoms with Gasteiger partial charge in [-0.05, 0) is 50.2 Å². The molecule has 7 heteroatoms. The fourth-order valence-corrected chi connectivity index (χ4v) is 5.34. The molecule has 3 aliphatic rings. The van der Waals surface area contributed by atoms with Gasteiger partial charge in [-0.25, -0.2) is 4.79 Å². The van der Waals surface area contributed by atoms with Crippen LogP contribution in [-0.2, 0) is 9.47 Å². The zero-order valence-electron chi connectivity index (χ0n) is 17.1. The molecule has 2 saturated carbocycles. The first-order valence-electron chi connectivity index (χ1n) is 10.6. The standard InChI is InChI=1S/C23H26N2O5/c1-16-15-24(21(28)25(19(16)26)20(27)17-5-3-2-4-6-17)18-13-22(14-18)7-9-23(10-8-22)29-11-12-30-23/h2-6,15,18H,7-14H2,1H3. The zero-order valence-corrected chi connectivity index (χ0v) is 17.1. The Hall–Kier alpha value is -2.51. The smallest absolute Gasteiger partial charge is 0.338 e. The topological polar surface area (TPSA) is 79.5 Å². The van der Waals surface area contributed by atoms with Crippen molar-refractivity contribution in [3.8, 4) is 0 Å². The van der Waals surface area contributed by atoms with Gasteiger partial charge in [0.05, 0.1) is 13.2 Å². The van der Waals surface area contributed by atoms with E-state index in [1.54, 1.807) is 48.0 Å². The average molecular weight is 410 g/mol. The van der Waals surface area contributed by atoms with Crippen LogP contribution in [0.15, 0.2) is 46.1 Å². The predicted molar refractivity (Wildman–Crippen MR) is 110 cm³/mol. The third-order valence-corrected chi connectivity index (χ3v) is 7.13. The number of hydrogen-bond donors (Lipinski definition) is 0. The van der Waals surface area contributed by atoms with Crippen LogP contribution in [0, 0.1) is 12.3 Å². The first-order valence-corrected chi connectivity index (χ1v) is 10.6. The van der Waals surface area contributed by atoms with E-state index in [2.05, 4.69) is 0 Å². The van der Waals surface area contributed by atoms with Crippen molar-refractivity contribution in [3.05, 3.63) is 68.5 Å². The van der Waals surface area contributed by atoms with Gasteiger partial charge in [0.15, 0.2) is 5.79 Å². The molecule has 1 aromatic heterocycles. The number of hydrogen-bond acceptors (Lipinski definition) is 5. The van der Waals surface area contributed by atoms with E-state index in [0.29, 0.717) is 24.3 Å². The van der Waals surface area contributed by atoms with E-state index in [9.17, 15) is 14.4 Å². The Morgan fingerprint density at radius 3 is 2.27 bits per heavy atom. The first-order chi connectivity index (χ1) is 14.4. The van der Waals surface area contributed by atoms with Gasteiger partial charge in [0.2, 0.25) is 0 Å². The number of ether oxygens (including phenoxy) is 2. The van der Waals surface area contributed by atoms with Crippen molar-refractivity contribution in [2.24, 2.45) is 5.41 Å². The van der Waals surface area contributed by atoms with Gasteiger partial charge in [-0.1, -0.05) is 18.2 Å². The highest BCUT2D eigenvalue weighted by Gasteiger charge is 2.52. The first kappa shape index (κ1) is 19.5. The van der Waals surface area contributed by atoms with Gasteiger partial charge in [-0.2, -0.15) is 4.57 Å². The van der Waals surface area contributed by atoms with Gasteiger partial charge in [0.25, 0.3) is 11.5 Å². The third kappa shape index (κ3) is 3.08.